The number of hydrogen-bond acceptors (Lipinski definition) is 5. The van der Waals surface area contributed by atoms with Crippen molar-refractivity contribution in [2.24, 2.45) is 9.98 Å². The van der Waals surface area contributed by atoms with Crippen molar-refractivity contribution in [1.82, 2.24) is 4.98 Å². The van der Waals surface area contributed by atoms with E-state index >= 15 is 0 Å². The summed E-state index contributed by atoms with van der Waals surface area (Å²) < 4.78 is 18.4. The Morgan fingerprint density at radius 1 is 1.26 bits per heavy atom. The Kier molecular flexibility index (Phi) is 2.83. The SMILES string of the molecule is COc1nc2c(cc1Nc1cccc(F)c1)=NCN=2. The number of aromatic nitrogens is 1. The second-order valence-corrected chi connectivity index (χ2v) is 3.98. The van der Waals surface area contributed by atoms with E-state index in [9.17, 15) is 4.39 Å². The molecule has 96 valence electrons. The molecule has 5 nitrogen and oxygen atoms in total. The summed E-state index contributed by atoms with van der Waals surface area (Å²) in [6.07, 6.45) is 0. The van der Waals surface area contributed by atoms with Gasteiger partial charge in [0, 0.05) is 5.69 Å². The van der Waals surface area contributed by atoms with Crippen LogP contribution in [0.25, 0.3) is 0 Å². The van der Waals surface area contributed by atoms with Crippen LogP contribution in [0.3, 0.4) is 0 Å². The Morgan fingerprint density at radius 3 is 2.95 bits per heavy atom. The molecule has 0 unspecified atom stereocenters. The molecule has 0 saturated carbocycles. The Morgan fingerprint density at radius 2 is 2.16 bits per heavy atom. The molecule has 0 radical (unpaired) electrons. The van der Waals surface area contributed by atoms with Crippen molar-refractivity contribution in [3.63, 3.8) is 0 Å². The van der Waals surface area contributed by atoms with E-state index in [1.807, 2.05) is 0 Å². The van der Waals surface area contributed by atoms with Gasteiger partial charge >= 0.3 is 0 Å². The van der Waals surface area contributed by atoms with Crippen molar-refractivity contribution in [1.29, 1.82) is 0 Å². The topological polar surface area (TPSA) is 58.9 Å². The molecule has 0 aliphatic carbocycles. The molecule has 0 bridgehead atoms. The van der Waals surface area contributed by atoms with E-state index in [0.29, 0.717) is 34.8 Å². The molecule has 1 aromatic carbocycles. The van der Waals surface area contributed by atoms with E-state index < -0.39 is 0 Å². The second kappa shape index (κ2) is 4.64. The quantitative estimate of drug-likeness (QED) is 0.899. The van der Waals surface area contributed by atoms with Gasteiger partial charge in [-0.15, -0.1) is 0 Å². The lowest BCUT2D eigenvalue weighted by Crippen LogP contribution is -2.26. The molecule has 6 heteroatoms. The smallest absolute Gasteiger partial charge is 0.239 e. The lowest BCUT2D eigenvalue weighted by Gasteiger charge is -2.09. The van der Waals surface area contributed by atoms with Gasteiger partial charge in [0.25, 0.3) is 0 Å². The number of benzene rings is 1. The second-order valence-electron chi connectivity index (χ2n) is 3.98. The van der Waals surface area contributed by atoms with E-state index in [1.165, 1.54) is 19.2 Å². The predicted molar refractivity (Wildman–Crippen MR) is 67.7 cm³/mol. The zero-order valence-electron chi connectivity index (χ0n) is 10.2. The number of nitrogens with zero attached hydrogens (tertiary/aromatic N) is 3. The third-order valence-electron chi connectivity index (χ3n) is 2.71. The van der Waals surface area contributed by atoms with Crippen molar-refractivity contribution in [2.75, 3.05) is 19.1 Å². The number of rotatable bonds is 3. The lowest BCUT2D eigenvalue weighted by atomic mass is 10.3. The zero-order valence-corrected chi connectivity index (χ0v) is 10.2. The molecular weight excluding hydrogens is 247 g/mol. The molecule has 1 aliphatic heterocycles. The fraction of sp³-hybridized carbons (Fsp3) is 0.154. The molecule has 0 saturated heterocycles. The summed E-state index contributed by atoms with van der Waals surface area (Å²) >= 11 is 0. The molecule has 3 rings (SSSR count). The average molecular weight is 258 g/mol. The first-order valence-corrected chi connectivity index (χ1v) is 5.73. The van der Waals surface area contributed by atoms with Crippen LogP contribution in [-0.4, -0.2) is 18.8 Å². The number of pyridine rings is 1. The van der Waals surface area contributed by atoms with E-state index in [4.69, 9.17) is 4.74 Å². The average Bonchev–Trinajstić information content (AvgIpc) is 2.85. The first kappa shape index (κ1) is 11.6. The summed E-state index contributed by atoms with van der Waals surface area (Å²) in [5, 5.41) is 3.77. The molecule has 1 N–H and O–H groups in total. The molecule has 0 atom stereocenters. The lowest BCUT2D eigenvalue weighted by molar-refractivity contribution is 0.398. The first-order valence-electron chi connectivity index (χ1n) is 5.73. The minimum atomic E-state index is -0.308. The first-order chi connectivity index (χ1) is 9.26. The van der Waals surface area contributed by atoms with Gasteiger partial charge in [-0.3, -0.25) is 4.99 Å². The van der Waals surface area contributed by atoms with E-state index in [1.54, 1.807) is 18.2 Å². The van der Waals surface area contributed by atoms with Crippen LogP contribution in [0.15, 0.2) is 40.3 Å². The fourth-order valence-electron chi connectivity index (χ4n) is 1.85. The Bertz CT molecular complexity index is 745. The molecule has 0 amide bonds. The van der Waals surface area contributed by atoms with Crippen molar-refractivity contribution < 1.29 is 9.13 Å². The zero-order chi connectivity index (χ0) is 13.2. The number of methoxy groups -OCH3 is 1. The van der Waals surface area contributed by atoms with Crippen LogP contribution in [0.2, 0.25) is 0 Å². The Labute approximate surface area is 108 Å². The number of halogens is 1. The summed E-state index contributed by atoms with van der Waals surface area (Å²) in [7, 11) is 1.53. The maximum atomic E-state index is 13.2. The minimum absolute atomic E-state index is 0.308. The van der Waals surface area contributed by atoms with Crippen LogP contribution in [0.4, 0.5) is 15.8 Å². The van der Waals surface area contributed by atoms with Crippen LogP contribution < -0.4 is 20.9 Å². The maximum Gasteiger partial charge on any atom is 0.239 e. The van der Waals surface area contributed by atoms with E-state index in [0.717, 1.165) is 0 Å². The molecule has 1 aliphatic rings. The van der Waals surface area contributed by atoms with Gasteiger partial charge in [0.05, 0.1) is 7.11 Å². The predicted octanol–water partition coefficient (Wildman–Crippen LogP) is 1.18. The molecule has 0 fully saturated rings. The maximum absolute atomic E-state index is 13.2. The highest BCUT2D eigenvalue weighted by atomic mass is 19.1. The summed E-state index contributed by atoms with van der Waals surface area (Å²) in [4.78, 5) is 12.6. The van der Waals surface area contributed by atoms with Crippen molar-refractivity contribution in [3.8, 4) is 5.88 Å². The van der Waals surface area contributed by atoms with Gasteiger partial charge in [-0.2, -0.15) is 4.98 Å². The molecular formula is C13H11FN4O. The Hall–Kier alpha value is -2.50. The largest absolute Gasteiger partial charge is 0.479 e. The van der Waals surface area contributed by atoms with Crippen molar-refractivity contribution in [3.05, 3.63) is 47.0 Å². The van der Waals surface area contributed by atoms with Crippen molar-refractivity contribution >= 4 is 11.4 Å². The van der Waals surface area contributed by atoms with Gasteiger partial charge in [0.1, 0.15) is 23.5 Å². The van der Waals surface area contributed by atoms with Crippen LogP contribution in [-0.2, 0) is 0 Å². The molecule has 0 spiro atoms. The van der Waals surface area contributed by atoms with Gasteiger partial charge in [-0.1, -0.05) is 6.07 Å². The third kappa shape index (κ3) is 2.24. The van der Waals surface area contributed by atoms with Gasteiger partial charge < -0.3 is 10.1 Å². The summed E-state index contributed by atoms with van der Waals surface area (Å²) in [6.45, 7) is 0.384. The fourth-order valence-corrected chi connectivity index (χ4v) is 1.85. The molecule has 1 aromatic heterocycles. The number of fused-ring (bicyclic) bond motifs is 1. The minimum Gasteiger partial charge on any atom is -0.479 e. The number of hydrogen-bond donors (Lipinski definition) is 1. The highest BCUT2D eigenvalue weighted by Gasteiger charge is 2.09. The molecule has 19 heavy (non-hydrogen) atoms. The van der Waals surface area contributed by atoms with Gasteiger partial charge in [0.2, 0.25) is 5.88 Å². The summed E-state index contributed by atoms with van der Waals surface area (Å²) in [6, 6.07) is 7.97. The van der Waals surface area contributed by atoms with Crippen LogP contribution in [0.5, 0.6) is 5.88 Å². The monoisotopic (exact) mass is 258 g/mol. The highest BCUT2D eigenvalue weighted by Crippen LogP contribution is 2.23. The summed E-state index contributed by atoms with van der Waals surface area (Å²) in [5.41, 5.74) is 1.82. The highest BCUT2D eigenvalue weighted by molar-refractivity contribution is 5.63. The molecule has 2 aromatic rings. The van der Waals surface area contributed by atoms with Crippen LogP contribution in [0.1, 0.15) is 0 Å². The summed E-state index contributed by atoms with van der Waals surface area (Å²) in [5.74, 6) is 0.0987. The number of nitrogens with one attached hydrogen (secondary N) is 1. The van der Waals surface area contributed by atoms with Crippen molar-refractivity contribution in [2.45, 2.75) is 0 Å². The standard InChI is InChI=1S/C13H11FN4O/c1-19-13-11(6-10-12(18-13)16-7-15-10)17-9-4-2-3-8(14)5-9/h2-6,17H,7H2,1H3. The normalized spacial score (nSPS) is 12.3. The Balaban J connectivity index is 2.04. The van der Waals surface area contributed by atoms with Crippen LogP contribution in [0, 0.1) is 5.82 Å². The molecule has 2 heterocycles. The van der Waals surface area contributed by atoms with Gasteiger partial charge in [-0.05, 0) is 24.3 Å². The third-order valence-corrected chi connectivity index (χ3v) is 2.71. The van der Waals surface area contributed by atoms with Crippen LogP contribution >= 0.6 is 0 Å². The van der Waals surface area contributed by atoms with E-state index in [2.05, 4.69) is 20.3 Å². The van der Waals surface area contributed by atoms with Gasteiger partial charge in [-0.25, -0.2) is 9.38 Å². The number of anilines is 2. The van der Waals surface area contributed by atoms with Gasteiger partial charge in [0.15, 0.2) is 5.49 Å². The van der Waals surface area contributed by atoms with E-state index in [-0.39, 0.29) is 5.82 Å². The number of ether oxygens (including phenoxy) is 1.